The number of aromatic nitrogens is 1. The minimum absolute atomic E-state index is 0.159. The fourth-order valence-electron chi connectivity index (χ4n) is 1.38. The Bertz CT molecular complexity index is 597. The zero-order chi connectivity index (χ0) is 13.8. The molecular formula is C12H10BrClFN3O. The van der Waals surface area contributed by atoms with Gasteiger partial charge in [0.2, 0.25) is 0 Å². The molecular weight excluding hydrogens is 337 g/mol. The molecule has 4 nitrogen and oxygen atoms in total. The number of nitrogens with zero attached hydrogens (tertiary/aromatic N) is 1. The van der Waals surface area contributed by atoms with E-state index >= 15 is 0 Å². The molecule has 0 fully saturated rings. The first-order valence-electron chi connectivity index (χ1n) is 5.30. The predicted molar refractivity (Wildman–Crippen MR) is 75.5 cm³/mol. The fraction of sp³-hybridized carbons (Fsp3) is 0.0833. The van der Waals surface area contributed by atoms with Gasteiger partial charge in [-0.1, -0.05) is 11.6 Å². The van der Waals surface area contributed by atoms with Gasteiger partial charge in [0.25, 0.3) is 0 Å². The minimum Gasteiger partial charge on any atom is -0.487 e. The van der Waals surface area contributed by atoms with Crippen molar-refractivity contribution in [2.24, 2.45) is 5.84 Å². The second-order valence-corrected chi connectivity index (χ2v) is 4.90. The van der Waals surface area contributed by atoms with Gasteiger partial charge < -0.3 is 10.2 Å². The highest BCUT2D eigenvalue weighted by Gasteiger charge is 2.06. The molecule has 1 aromatic carbocycles. The van der Waals surface area contributed by atoms with Crippen LogP contribution in [-0.4, -0.2) is 4.98 Å². The van der Waals surface area contributed by atoms with E-state index in [2.05, 4.69) is 26.3 Å². The molecule has 0 bridgehead atoms. The van der Waals surface area contributed by atoms with Gasteiger partial charge in [0, 0.05) is 0 Å². The number of hydrazine groups is 1. The molecule has 7 heteroatoms. The number of nitrogens with two attached hydrogens (primary N) is 1. The molecule has 0 amide bonds. The second kappa shape index (κ2) is 6.18. The summed E-state index contributed by atoms with van der Waals surface area (Å²) in [4.78, 5) is 4.17. The average Bonchev–Trinajstić information content (AvgIpc) is 2.41. The summed E-state index contributed by atoms with van der Waals surface area (Å²) in [5.41, 5.74) is 2.97. The highest BCUT2D eigenvalue weighted by atomic mass is 79.9. The van der Waals surface area contributed by atoms with Gasteiger partial charge in [0.1, 0.15) is 24.0 Å². The predicted octanol–water partition coefficient (Wildman–Crippen LogP) is 3.50. The summed E-state index contributed by atoms with van der Waals surface area (Å²) in [7, 11) is 0. The van der Waals surface area contributed by atoms with Crippen LogP contribution < -0.4 is 16.0 Å². The van der Waals surface area contributed by atoms with E-state index < -0.39 is 0 Å². The maximum absolute atomic E-state index is 13.1. The highest BCUT2D eigenvalue weighted by molar-refractivity contribution is 9.10. The Kier molecular flexibility index (Phi) is 4.57. The van der Waals surface area contributed by atoms with E-state index in [1.165, 1.54) is 18.2 Å². The smallest absolute Gasteiger partial charge is 0.140 e. The Labute approximate surface area is 122 Å². The molecule has 3 N–H and O–H groups in total. The van der Waals surface area contributed by atoms with Crippen LogP contribution in [0.4, 0.5) is 10.2 Å². The highest BCUT2D eigenvalue weighted by Crippen LogP contribution is 2.23. The van der Waals surface area contributed by atoms with Crippen LogP contribution in [0.25, 0.3) is 0 Å². The zero-order valence-electron chi connectivity index (χ0n) is 9.66. The number of hydrogen-bond donors (Lipinski definition) is 2. The number of hydrogen-bond acceptors (Lipinski definition) is 4. The molecule has 0 unspecified atom stereocenters. The maximum Gasteiger partial charge on any atom is 0.140 e. The molecule has 1 aromatic heterocycles. The minimum atomic E-state index is -0.349. The van der Waals surface area contributed by atoms with Crippen molar-refractivity contribution in [1.29, 1.82) is 0 Å². The Balaban J connectivity index is 2.11. The van der Waals surface area contributed by atoms with E-state index in [-0.39, 0.29) is 12.4 Å². The van der Waals surface area contributed by atoms with Gasteiger partial charge in [-0.3, -0.25) is 0 Å². The van der Waals surface area contributed by atoms with E-state index in [1.54, 1.807) is 12.1 Å². The maximum atomic E-state index is 13.1. The molecule has 0 saturated carbocycles. The number of pyridine rings is 1. The van der Waals surface area contributed by atoms with Crippen LogP contribution in [0.3, 0.4) is 0 Å². The summed E-state index contributed by atoms with van der Waals surface area (Å²) in [6.45, 7) is 0.159. The molecule has 0 spiro atoms. The van der Waals surface area contributed by atoms with Crippen molar-refractivity contribution in [3.8, 4) is 5.75 Å². The van der Waals surface area contributed by atoms with Gasteiger partial charge in [-0.15, -0.1) is 0 Å². The van der Waals surface area contributed by atoms with E-state index in [1.807, 2.05) is 0 Å². The van der Waals surface area contributed by atoms with Crippen molar-refractivity contribution in [2.45, 2.75) is 6.61 Å². The summed E-state index contributed by atoms with van der Waals surface area (Å²) >= 11 is 9.08. The fourth-order valence-corrected chi connectivity index (χ4v) is 1.90. The van der Waals surface area contributed by atoms with Crippen molar-refractivity contribution >= 4 is 33.3 Å². The van der Waals surface area contributed by atoms with Crippen LogP contribution in [0.15, 0.2) is 34.8 Å². The van der Waals surface area contributed by atoms with E-state index in [0.29, 0.717) is 26.8 Å². The Morgan fingerprint density at radius 3 is 2.84 bits per heavy atom. The SMILES string of the molecule is NNc1ccc(Cl)c(COc2ccc(F)c(Br)c2)n1. The summed E-state index contributed by atoms with van der Waals surface area (Å²) < 4.78 is 18.9. The molecule has 0 saturated heterocycles. The number of rotatable bonds is 4. The lowest BCUT2D eigenvalue weighted by molar-refractivity contribution is 0.301. The van der Waals surface area contributed by atoms with E-state index in [0.717, 1.165) is 0 Å². The molecule has 100 valence electrons. The summed E-state index contributed by atoms with van der Waals surface area (Å²) in [6, 6.07) is 7.70. The van der Waals surface area contributed by atoms with Crippen molar-refractivity contribution in [2.75, 3.05) is 5.43 Å². The number of anilines is 1. The number of nitrogen functional groups attached to an aromatic ring is 1. The first-order valence-corrected chi connectivity index (χ1v) is 6.47. The molecule has 0 aliphatic carbocycles. The quantitative estimate of drug-likeness (QED) is 0.657. The number of benzene rings is 1. The van der Waals surface area contributed by atoms with Crippen LogP contribution >= 0.6 is 27.5 Å². The third kappa shape index (κ3) is 3.56. The monoisotopic (exact) mass is 345 g/mol. The normalized spacial score (nSPS) is 10.3. The van der Waals surface area contributed by atoms with Gasteiger partial charge in [0.15, 0.2) is 0 Å². The number of ether oxygens (including phenoxy) is 1. The largest absolute Gasteiger partial charge is 0.487 e. The zero-order valence-corrected chi connectivity index (χ0v) is 12.0. The van der Waals surface area contributed by atoms with Crippen molar-refractivity contribution in [3.63, 3.8) is 0 Å². The van der Waals surface area contributed by atoms with Gasteiger partial charge >= 0.3 is 0 Å². The number of halogens is 3. The topological polar surface area (TPSA) is 60.2 Å². The lowest BCUT2D eigenvalue weighted by atomic mass is 10.3. The summed E-state index contributed by atoms with van der Waals surface area (Å²) in [5, 5.41) is 0.472. The third-order valence-electron chi connectivity index (χ3n) is 2.33. The summed E-state index contributed by atoms with van der Waals surface area (Å²) in [6.07, 6.45) is 0. The Morgan fingerprint density at radius 1 is 1.37 bits per heavy atom. The molecule has 2 aromatic rings. The molecule has 0 atom stereocenters. The van der Waals surface area contributed by atoms with Gasteiger partial charge in [-0.2, -0.15) is 0 Å². The lowest BCUT2D eigenvalue weighted by Crippen LogP contribution is -2.10. The average molecular weight is 347 g/mol. The van der Waals surface area contributed by atoms with Crippen LogP contribution in [-0.2, 0) is 6.61 Å². The molecule has 1 heterocycles. The number of nitrogens with one attached hydrogen (secondary N) is 1. The van der Waals surface area contributed by atoms with E-state index in [9.17, 15) is 4.39 Å². The summed E-state index contributed by atoms with van der Waals surface area (Å²) in [5.74, 6) is 5.92. The standard InChI is InChI=1S/C12H10BrClFN3O/c13-8-5-7(1-3-10(8)15)19-6-11-9(14)2-4-12(17-11)18-16/h1-5H,6,16H2,(H,17,18). The molecule has 0 aliphatic rings. The van der Waals surface area contributed by atoms with Gasteiger partial charge in [-0.05, 0) is 46.3 Å². The molecule has 0 aliphatic heterocycles. The first-order chi connectivity index (χ1) is 9.10. The molecule has 19 heavy (non-hydrogen) atoms. The second-order valence-electron chi connectivity index (χ2n) is 3.63. The van der Waals surface area contributed by atoms with E-state index in [4.69, 9.17) is 22.2 Å². The van der Waals surface area contributed by atoms with Crippen molar-refractivity contribution in [1.82, 2.24) is 4.98 Å². The van der Waals surface area contributed by atoms with Crippen LogP contribution in [0.5, 0.6) is 5.75 Å². The Hall–Kier alpha value is -1.37. The van der Waals surface area contributed by atoms with Crippen molar-refractivity contribution in [3.05, 3.63) is 51.3 Å². The molecule has 2 rings (SSSR count). The van der Waals surface area contributed by atoms with Gasteiger partial charge in [-0.25, -0.2) is 15.2 Å². The van der Waals surface area contributed by atoms with Crippen molar-refractivity contribution < 1.29 is 9.13 Å². The third-order valence-corrected chi connectivity index (χ3v) is 3.28. The first kappa shape index (κ1) is 14.0. The van der Waals surface area contributed by atoms with Crippen LogP contribution in [0, 0.1) is 5.82 Å². The Morgan fingerprint density at radius 2 is 2.16 bits per heavy atom. The van der Waals surface area contributed by atoms with Gasteiger partial charge in [0.05, 0.1) is 15.2 Å². The van der Waals surface area contributed by atoms with Crippen LogP contribution in [0.2, 0.25) is 5.02 Å². The van der Waals surface area contributed by atoms with Crippen LogP contribution in [0.1, 0.15) is 5.69 Å². The lowest BCUT2D eigenvalue weighted by Gasteiger charge is -2.09. The molecule has 0 radical (unpaired) electrons.